The summed E-state index contributed by atoms with van der Waals surface area (Å²) in [5.74, 6) is 0.0283. The fourth-order valence-corrected chi connectivity index (χ4v) is 2.83. The molecule has 0 fully saturated rings. The topological polar surface area (TPSA) is 52.3 Å². The van der Waals surface area contributed by atoms with E-state index in [1.54, 1.807) is 11.3 Å². The number of thiophene rings is 1. The van der Waals surface area contributed by atoms with Crippen molar-refractivity contribution < 1.29 is 9.53 Å². The highest BCUT2D eigenvalue weighted by molar-refractivity contribution is 7.09. The van der Waals surface area contributed by atoms with Gasteiger partial charge in [-0.25, -0.2) is 0 Å². The minimum Gasteiger partial charge on any atom is -0.466 e. The maximum Gasteiger partial charge on any atom is 0.313 e. The molecule has 102 valence electrons. The first-order valence-electron chi connectivity index (χ1n) is 6.46. The van der Waals surface area contributed by atoms with Crippen LogP contribution in [-0.2, 0) is 16.0 Å². The lowest BCUT2D eigenvalue weighted by atomic mass is 9.73. The predicted molar refractivity (Wildman–Crippen MR) is 75.6 cm³/mol. The number of hydrogen-bond acceptors (Lipinski definition) is 4. The molecular formula is C14H23NO2S. The van der Waals surface area contributed by atoms with E-state index in [1.165, 1.54) is 4.88 Å². The number of carbonyl (C=O) groups is 1. The minimum absolute atomic E-state index is 0.154. The van der Waals surface area contributed by atoms with E-state index in [1.807, 2.05) is 26.8 Å². The summed E-state index contributed by atoms with van der Waals surface area (Å²) in [5, 5.41) is 2.05. The lowest BCUT2D eigenvalue weighted by Gasteiger charge is -2.33. The van der Waals surface area contributed by atoms with E-state index in [0.717, 1.165) is 12.8 Å². The van der Waals surface area contributed by atoms with Gasteiger partial charge in [-0.1, -0.05) is 19.9 Å². The van der Waals surface area contributed by atoms with Crippen LogP contribution in [0.3, 0.4) is 0 Å². The second-order valence-electron chi connectivity index (χ2n) is 4.81. The van der Waals surface area contributed by atoms with Crippen molar-refractivity contribution >= 4 is 17.3 Å². The Hall–Kier alpha value is -0.870. The van der Waals surface area contributed by atoms with Crippen molar-refractivity contribution in [2.45, 2.75) is 33.6 Å². The minimum atomic E-state index is -0.556. The second kappa shape index (κ2) is 6.90. The second-order valence-corrected chi connectivity index (χ2v) is 5.85. The van der Waals surface area contributed by atoms with Crippen LogP contribution >= 0.6 is 11.3 Å². The van der Waals surface area contributed by atoms with Crippen molar-refractivity contribution in [3.63, 3.8) is 0 Å². The molecule has 4 heteroatoms. The summed E-state index contributed by atoms with van der Waals surface area (Å²) < 4.78 is 5.21. The molecule has 0 amide bonds. The average molecular weight is 269 g/mol. The Balaban J connectivity index is 2.79. The third-order valence-corrected chi connectivity index (χ3v) is 4.49. The summed E-state index contributed by atoms with van der Waals surface area (Å²) in [6.45, 7) is 6.66. The zero-order valence-electron chi connectivity index (χ0n) is 11.4. The third-order valence-electron chi connectivity index (χ3n) is 3.55. The van der Waals surface area contributed by atoms with Crippen molar-refractivity contribution in [1.82, 2.24) is 0 Å². The molecule has 0 bridgehead atoms. The lowest BCUT2D eigenvalue weighted by Crippen LogP contribution is -2.44. The van der Waals surface area contributed by atoms with Crippen LogP contribution in [0.15, 0.2) is 17.5 Å². The number of ether oxygens (including phenoxy) is 1. The predicted octanol–water partition coefficient (Wildman–Crippen LogP) is 2.84. The molecule has 1 unspecified atom stereocenters. The van der Waals surface area contributed by atoms with Crippen LogP contribution in [0.2, 0.25) is 0 Å². The van der Waals surface area contributed by atoms with Gasteiger partial charge in [0.15, 0.2) is 0 Å². The van der Waals surface area contributed by atoms with Crippen LogP contribution < -0.4 is 5.73 Å². The normalized spacial score (nSPS) is 14.5. The van der Waals surface area contributed by atoms with Crippen molar-refractivity contribution in [2.24, 2.45) is 17.1 Å². The van der Waals surface area contributed by atoms with Crippen LogP contribution in [-0.4, -0.2) is 19.1 Å². The van der Waals surface area contributed by atoms with Gasteiger partial charge in [-0.3, -0.25) is 4.79 Å². The monoisotopic (exact) mass is 269 g/mol. The Labute approximate surface area is 113 Å². The van der Waals surface area contributed by atoms with E-state index >= 15 is 0 Å². The first-order chi connectivity index (χ1) is 8.56. The maximum atomic E-state index is 12.2. The smallest absolute Gasteiger partial charge is 0.313 e. The van der Waals surface area contributed by atoms with E-state index in [4.69, 9.17) is 10.5 Å². The van der Waals surface area contributed by atoms with Gasteiger partial charge < -0.3 is 10.5 Å². The van der Waals surface area contributed by atoms with E-state index in [-0.39, 0.29) is 11.9 Å². The van der Waals surface area contributed by atoms with Crippen molar-refractivity contribution in [2.75, 3.05) is 13.2 Å². The van der Waals surface area contributed by atoms with E-state index in [0.29, 0.717) is 13.2 Å². The summed E-state index contributed by atoms with van der Waals surface area (Å²) in [7, 11) is 0. The van der Waals surface area contributed by atoms with E-state index in [9.17, 15) is 4.79 Å². The van der Waals surface area contributed by atoms with E-state index in [2.05, 4.69) is 11.4 Å². The summed E-state index contributed by atoms with van der Waals surface area (Å²) in [6, 6.07) is 4.13. The highest BCUT2D eigenvalue weighted by Gasteiger charge is 2.41. The van der Waals surface area contributed by atoms with Gasteiger partial charge in [0.2, 0.25) is 0 Å². The molecule has 1 aromatic heterocycles. The van der Waals surface area contributed by atoms with Crippen LogP contribution in [0, 0.1) is 11.3 Å². The number of hydrogen-bond donors (Lipinski definition) is 1. The van der Waals surface area contributed by atoms with Crippen LogP contribution in [0.4, 0.5) is 0 Å². The molecular weight excluding hydrogens is 246 g/mol. The highest BCUT2D eigenvalue weighted by atomic mass is 32.1. The molecule has 0 aliphatic rings. The largest absolute Gasteiger partial charge is 0.466 e. The van der Waals surface area contributed by atoms with Gasteiger partial charge in [0.25, 0.3) is 0 Å². The molecule has 1 atom stereocenters. The lowest BCUT2D eigenvalue weighted by molar-refractivity contribution is -0.158. The molecule has 2 N–H and O–H groups in total. The van der Waals surface area contributed by atoms with Gasteiger partial charge in [0, 0.05) is 11.4 Å². The van der Waals surface area contributed by atoms with Crippen LogP contribution in [0.25, 0.3) is 0 Å². The molecule has 0 saturated carbocycles. The molecule has 0 saturated heterocycles. The molecule has 1 heterocycles. The van der Waals surface area contributed by atoms with E-state index < -0.39 is 5.41 Å². The highest BCUT2D eigenvalue weighted by Crippen LogP contribution is 2.34. The first-order valence-corrected chi connectivity index (χ1v) is 7.34. The third kappa shape index (κ3) is 3.33. The SMILES string of the molecule is CCOC(=O)C(CN)(CCc1cccs1)C(C)C. The summed E-state index contributed by atoms with van der Waals surface area (Å²) in [4.78, 5) is 13.5. The zero-order valence-corrected chi connectivity index (χ0v) is 12.3. The van der Waals surface area contributed by atoms with Gasteiger partial charge in [-0.2, -0.15) is 0 Å². The molecule has 0 aromatic carbocycles. The van der Waals surface area contributed by atoms with Crippen LogP contribution in [0.1, 0.15) is 32.1 Å². The number of esters is 1. The van der Waals surface area contributed by atoms with Gasteiger partial charge in [0.05, 0.1) is 12.0 Å². The van der Waals surface area contributed by atoms with Gasteiger partial charge in [0.1, 0.15) is 0 Å². The Morgan fingerprint density at radius 2 is 2.28 bits per heavy atom. The Morgan fingerprint density at radius 1 is 1.56 bits per heavy atom. The number of aryl methyl sites for hydroxylation is 1. The first kappa shape index (κ1) is 15.2. The molecule has 1 rings (SSSR count). The molecule has 0 aliphatic carbocycles. The van der Waals surface area contributed by atoms with Gasteiger partial charge in [-0.15, -0.1) is 11.3 Å². The van der Waals surface area contributed by atoms with Crippen molar-refractivity contribution in [1.29, 1.82) is 0 Å². The average Bonchev–Trinajstić information content (AvgIpc) is 2.83. The zero-order chi connectivity index (χ0) is 13.6. The van der Waals surface area contributed by atoms with Crippen molar-refractivity contribution in [3.8, 4) is 0 Å². The summed E-state index contributed by atoms with van der Waals surface area (Å²) >= 11 is 1.72. The standard InChI is InChI=1S/C14H23NO2S/c1-4-17-13(16)14(10-15,11(2)3)8-7-12-6-5-9-18-12/h5-6,9,11H,4,7-8,10,15H2,1-3H3. The number of rotatable bonds is 7. The Bertz CT molecular complexity index is 362. The molecule has 0 aliphatic heterocycles. The van der Waals surface area contributed by atoms with Crippen LogP contribution in [0.5, 0.6) is 0 Å². The molecule has 0 radical (unpaired) electrons. The van der Waals surface area contributed by atoms with Crippen molar-refractivity contribution in [3.05, 3.63) is 22.4 Å². The Morgan fingerprint density at radius 3 is 2.72 bits per heavy atom. The molecule has 0 spiro atoms. The fourth-order valence-electron chi connectivity index (χ4n) is 2.12. The molecule has 3 nitrogen and oxygen atoms in total. The van der Waals surface area contributed by atoms with Gasteiger partial charge in [-0.05, 0) is 37.1 Å². The Kier molecular flexibility index (Phi) is 5.82. The molecule has 18 heavy (non-hydrogen) atoms. The molecule has 1 aromatic rings. The quantitative estimate of drug-likeness (QED) is 0.774. The number of carbonyl (C=O) groups excluding carboxylic acids is 1. The maximum absolute atomic E-state index is 12.2. The van der Waals surface area contributed by atoms with Gasteiger partial charge >= 0.3 is 5.97 Å². The number of nitrogens with two attached hydrogens (primary N) is 1. The summed E-state index contributed by atoms with van der Waals surface area (Å²) in [6.07, 6.45) is 1.63. The summed E-state index contributed by atoms with van der Waals surface area (Å²) in [5.41, 5.74) is 5.33. The fraction of sp³-hybridized carbons (Fsp3) is 0.643.